The second-order valence-electron chi connectivity index (χ2n) is 6.74. The summed E-state index contributed by atoms with van der Waals surface area (Å²) in [4.78, 5) is 19.3. The Morgan fingerprint density at radius 2 is 2.30 bits per heavy atom. The first-order valence-corrected chi connectivity index (χ1v) is 8.82. The molecule has 2 aromatic rings. The van der Waals surface area contributed by atoms with Gasteiger partial charge in [-0.05, 0) is 39.9 Å². The standard InChI is InChI=1S/C18H23N3OS/c1-13-5-4-6-14(9-13)16-20-15(11-23-16)10-19-17(22)18(2)7-8-21(3)12-18/h4-6,9,11H,7-8,10,12H2,1-3H3,(H,19,22)/t18-/m0/s1. The van der Waals surface area contributed by atoms with Gasteiger partial charge in [0.2, 0.25) is 5.91 Å². The number of carbonyl (C=O) groups is 1. The summed E-state index contributed by atoms with van der Waals surface area (Å²) >= 11 is 1.62. The number of nitrogens with zero attached hydrogens (tertiary/aromatic N) is 2. The van der Waals surface area contributed by atoms with E-state index < -0.39 is 0 Å². The summed E-state index contributed by atoms with van der Waals surface area (Å²) in [5, 5.41) is 6.09. The summed E-state index contributed by atoms with van der Waals surface area (Å²) in [6.45, 7) is 6.44. The lowest BCUT2D eigenvalue weighted by atomic mass is 9.89. The number of aryl methyl sites for hydroxylation is 1. The summed E-state index contributed by atoms with van der Waals surface area (Å²) in [5.41, 5.74) is 3.02. The van der Waals surface area contributed by atoms with E-state index in [0.717, 1.165) is 35.8 Å². The molecule has 0 radical (unpaired) electrons. The van der Waals surface area contributed by atoms with E-state index in [1.165, 1.54) is 5.56 Å². The third kappa shape index (κ3) is 3.62. The van der Waals surface area contributed by atoms with Crippen LogP contribution < -0.4 is 5.32 Å². The first-order valence-electron chi connectivity index (χ1n) is 7.95. The van der Waals surface area contributed by atoms with Crippen molar-refractivity contribution >= 4 is 17.2 Å². The van der Waals surface area contributed by atoms with Crippen LogP contribution in [-0.2, 0) is 11.3 Å². The van der Waals surface area contributed by atoms with E-state index in [9.17, 15) is 4.79 Å². The van der Waals surface area contributed by atoms with Gasteiger partial charge in [-0.3, -0.25) is 4.79 Å². The molecule has 0 aliphatic carbocycles. The van der Waals surface area contributed by atoms with Crippen LogP contribution in [0.2, 0.25) is 0 Å². The number of aromatic nitrogens is 1. The summed E-state index contributed by atoms with van der Waals surface area (Å²) in [6.07, 6.45) is 0.918. The highest BCUT2D eigenvalue weighted by Crippen LogP contribution is 2.29. The van der Waals surface area contributed by atoms with Gasteiger partial charge in [-0.1, -0.05) is 23.8 Å². The molecule has 1 amide bonds. The molecule has 1 aromatic carbocycles. The number of thiazole rings is 1. The topological polar surface area (TPSA) is 45.2 Å². The van der Waals surface area contributed by atoms with Crippen molar-refractivity contribution in [2.24, 2.45) is 5.41 Å². The lowest BCUT2D eigenvalue weighted by Gasteiger charge is -2.22. The zero-order valence-corrected chi connectivity index (χ0v) is 14.7. The Morgan fingerprint density at radius 3 is 3.00 bits per heavy atom. The Morgan fingerprint density at radius 1 is 1.48 bits per heavy atom. The summed E-state index contributed by atoms with van der Waals surface area (Å²) in [6, 6.07) is 8.34. The zero-order valence-electron chi connectivity index (χ0n) is 13.9. The highest BCUT2D eigenvalue weighted by molar-refractivity contribution is 7.13. The molecule has 1 aliphatic rings. The molecular formula is C18H23N3OS. The highest BCUT2D eigenvalue weighted by atomic mass is 32.1. The van der Waals surface area contributed by atoms with Crippen molar-refractivity contribution in [1.82, 2.24) is 15.2 Å². The number of rotatable bonds is 4. The Bertz CT molecular complexity index is 712. The molecule has 23 heavy (non-hydrogen) atoms. The van der Waals surface area contributed by atoms with Crippen molar-refractivity contribution in [1.29, 1.82) is 0 Å². The van der Waals surface area contributed by atoms with E-state index in [4.69, 9.17) is 0 Å². The van der Waals surface area contributed by atoms with Crippen molar-refractivity contribution < 1.29 is 4.79 Å². The van der Waals surface area contributed by atoms with Gasteiger partial charge >= 0.3 is 0 Å². The molecule has 5 heteroatoms. The Kier molecular flexibility index (Phi) is 4.50. The van der Waals surface area contributed by atoms with Gasteiger partial charge in [-0.2, -0.15) is 0 Å². The van der Waals surface area contributed by atoms with Crippen LogP contribution in [0.15, 0.2) is 29.6 Å². The lowest BCUT2D eigenvalue weighted by molar-refractivity contribution is -0.129. The molecule has 0 spiro atoms. The van der Waals surface area contributed by atoms with Crippen LogP contribution in [0.3, 0.4) is 0 Å². The number of nitrogens with one attached hydrogen (secondary N) is 1. The third-order valence-electron chi connectivity index (χ3n) is 4.46. The number of carbonyl (C=O) groups excluding carboxylic acids is 1. The van der Waals surface area contributed by atoms with Crippen LogP contribution in [0.1, 0.15) is 24.6 Å². The second-order valence-corrected chi connectivity index (χ2v) is 7.60. The number of benzene rings is 1. The van der Waals surface area contributed by atoms with Crippen LogP contribution in [0, 0.1) is 12.3 Å². The fraction of sp³-hybridized carbons (Fsp3) is 0.444. The van der Waals surface area contributed by atoms with E-state index in [1.54, 1.807) is 11.3 Å². The van der Waals surface area contributed by atoms with Gasteiger partial charge in [0.25, 0.3) is 0 Å². The van der Waals surface area contributed by atoms with Crippen LogP contribution in [0.5, 0.6) is 0 Å². The van der Waals surface area contributed by atoms with Crippen LogP contribution in [0.4, 0.5) is 0 Å². The maximum Gasteiger partial charge on any atom is 0.227 e. The molecule has 1 aliphatic heterocycles. The Hall–Kier alpha value is -1.72. The lowest BCUT2D eigenvalue weighted by Crippen LogP contribution is -2.40. The molecule has 0 saturated carbocycles. The van der Waals surface area contributed by atoms with E-state index in [0.29, 0.717) is 6.54 Å². The van der Waals surface area contributed by atoms with E-state index in [1.807, 2.05) is 18.4 Å². The van der Waals surface area contributed by atoms with Gasteiger partial charge in [0.15, 0.2) is 0 Å². The van der Waals surface area contributed by atoms with Crippen molar-refractivity contribution in [2.45, 2.75) is 26.8 Å². The summed E-state index contributed by atoms with van der Waals surface area (Å²) in [5.74, 6) is 0.131. The Balaban J connectivity index is 1.62. The molecule has 1 aromatic heterocycles. The molecule has 1 saturated heterocycles. The van der Waals surface area contributed by atoms with Gasteiger partial charge in [0, 0.05) is 17.5 Å². The molecule has 1 atom stereocenters. The molecule has 0 bridgehead atoms. The fourth-order valence-corrected chi connectivity index (χ4v) is 3.88. The minimum absolute atomic E-state index is 0.131. The van der Waals surface area contributed by atoms with Crippen LogP contribution >= 0.6 is 11.3 Å². The van der Waals surface area contributed by atoms with Crippen molar-refractivity contribution in [2.75, 3.05) is 20.1 Å². The molecule has 0 unspecified atom stereocenters. The molecule has 4 nitrogen and oxygen atoms in total. The first-order chi connectivity index (χ1) is 11.0. The van der Waals surface area contributed by atoms with Crippen molar-refractivity contribution in [3.05, 3.63) is 40.9 Å². The van der Waals surface area contributed by atoms with Crippen molar-refractivity contribution in [3.63, 3.8) is 0 Å². The van der Waals surface area contributed by atoms with Gasteiger partial charge in [0.1, 0.15) is 5.01 Å². The quantitative estimate of drug-likeness (QED) is 0.937. The predicted octanol–water partition coefficient (Wildman–Crippen LogP) is 3.08. The number of hydrogen-bond acceptors (Lipinski definition) is 4. The second kappa shape index (κ2) is 6.42. The minimum Gasteiger partial charge on any atom is -0.350 e. The molecule has 2 heterocycles. The normalized spacial score (nSPS) is 21.5. The zero-order chi connectivity index (χ0) is 16.4. The fourth-order valence-electron chi connectivity index (χ4n) is 3.06. The van der Waals surface area contributed by atoms with Gasteiger partial charge in [-0.15, -0.1) is 11.3 Å². The maximum atomic E-state index is 12.4. The number of likely N-dealkylation sites (tertiary alicyclic amines) is 1. The average Bonchev–Trinajstić information content (AvgIpc) is 3.12. The molecule has 1 fully saturated rings. The minimum atomic E-state index is -0.274. The monoisotopic (exact) mass is 329 g/mol. The summed E-state index contributed by atoms with van der Waals surface area (Å²) < 4.78 is 0. The first kappa shape index (κ1) is 16.1. The summed E-state index contributed by atoms with van der Waals surface area (Å²) in [7, 11) is 2.06. The average molecular weight is 329 g/mol. The largest absolute Gasteiger partial charge is 0.350 e. The van der Waals surface area contributed by atoms with Crippen molar-refractivity contribution in [3.8, 4) is 10.6 Å². The predicted molar refractivity (Wildman–Crippen MR) is 94.4 cm³/mol. The molecule has 122 valence electrons. The third-order valence-corrected chi connectivity index (χ3v) is 5.40. The van der Waals surface area contributed by atoms with E-state index in [2.05, 4.69) is 47.4 Å². The molecule has 3 rings (SSSR count). The van der Waals surface area contributed by atoms with Crippen LogP contribution in [-0.4, -0.2) is 35.9 Å². The van der Waals surface area contributed by atoms with E-state index in [-0.39, 0.29) is 11.3 Å². The van der Waals surface area contributed by atoms with E-state index >= 15 is 0 Å². The maximum absolute atomic E-state index is 12.4. The SMILES string of the molecule is Cc1cccc(-c2nc(CNC(=O)[C@@]3(C)CCN(C)C3)cs2)c1. The number of hydrogen-bond donors (Lipinski definition) is 1. The van der Waals surface area contributed by atoms with Crippen LogP contribution in [0.25, 0.3) is 10.6 Å². The molecule has 1 N–H and O–H groups in total. The van der Waals surface area contributed by atoms with Gasteiger partial charge in [0.05, 0.1) is 17.7 Å². The molecular weight excluding hydrogens is 306 g/mol. The van der Waals surface area contributed by atoms with Gasteiger partial charge < -0.3 is 10.2 Å². The number of amides is 1. The Labute approximate surface area is 141 Å². The van der Waals surface area contributed by atoms with Gasteiger partial charge in [-0.25, -0.2) is 4.98 Å². The highest BCUT2D eigenvalue weighted by Gasteiger charge is 2.38. The smallest absolute Gasteiger partial charge is 0.227 e.